The van der Waals surface area contributed by atoms with Gasteiger partial charge in [-0.15, -0.1) is 0 Å². The number of ether oxygens (including phenoxy) is 1. The van der Waals surface area contributed by atoms with Crippen LogP contribution >= 0.6 is 0 Å². The Morgan fingerprint density at radius 1 is 1.13 bits per heavy atom. The van der Waals surface area contributed by atoms with E-state index in [4.69, 9.17) is 9.84 Å². The van der Waals surface area contributed by atoms with Crippen LogP contribution in [0, 0.1) is 0 Å². The molecule has 0 fully saturated rings. The number of rotatable bonds is 9. The molecule has 0 aliphatic carbocycles. The predicted octanol–water partition coefficient (Wildman–Crippen LogP) is 3.25. The molecule has 1 aromatic carbocycles. The number of aliphatic hydroxyl groups excluding tert-OH is 1. The normalized spacial score (nSPS) is 12.3. The minimum atomic E-state index is 0.0282. The third-order valence-electron chi connectivity index (χ3n) is 4.04. The summed E-state index contributed by atoms with van der Waals surface area (Å²) in [6.45, 7) is 6.51. The van der Waals surface area contributed by atoms with Crippen molar-refractivity contribution in [3.63, 3.8) is 0 Å². The molecule has 0 bridgehead atoms. The van der Waals surface area contributed by atoms with Crippen molar-refractivity contribution < 1.29 is 9.84 Å². The molecule has 1 heterocycles. The van der Waals surface area contributed by atoms with E-state index < -0.39 is 0 Å². The molecule has 4 nitrogen and oxygen atoms in total. The molecule has 2 aromatic rings. The summed E-state index contributed by atoms with van der Waals surface area (Å²) in [5.41, 5.74) is 2.41. The Balaban J connectivity index is 2.14. The van der Waals surface area contributed by atoms with Crippen LogP contribution in [-0.2, 0) is 13.1 Å². The van der Waals surface area contributed by atoms with Crippen molar-refractivity contribution in [2.75, 3.05) is 13.2 Å². The Bertz CT molecular complexity index is 575. The van der Waals surface area contributed by atoms with Gasteiger partial charge in [-0.2, -0.15) is 0 Å². The maximum Gasteiger partial charge on any atom is 0.123 e. The molecule has 0 unspecified atom stereocenters. The van der Waals surface area contributed by atoms with Crippen LogP contribution in [-0.4, -0.2) is 34.2 Å². The number of pyridine rings is 1. The Hall–Kier alpha value is -1.91. The molecular weight excluding hydrogens is 288 g/mol. The molecule has 1 aromatic heterocycles. The summed E-state index contributed by atoms with van der Waals surface area (Å²) in [5.74, 6) is 0.851. The van der Waals surface area contributed by atoms with Gasteiger partial charge in [0.05, 0.1) is 6.61 Å². The number of aromatic nitrogens is 1. The minimum Gasteiger partial charge on any atom is -0.491 e. The van der Waals surface area contributed by atoms with Crippen LogP contribution in [0.25, 0.3) is 0 Å². The standard InChI is InChI=1S/C19H26N2O2/c1-3-16(2)21(14-17-8-10-20-11-9-17)15-18-6-4-5-7-19(18)23-13-12-22/h4-11,16,22H,3,12-15H2,1-2H3/t16-/m1/s1. The van der Waals surface area contributed by atoms with Gasteiger partial charge in [0, 0.05) is 37.1 Å². The highest BCUT2D eigenvalue weighted by molar-refractivity contribution is 5.33. The van der Waals surface area contributed by atoms with Crippen molar-refractivity contribution in [2.45, 2.75) is 39.4 Å². The summed E-state index contributed by atoms with van der Waals surface area (Å²) in [6, 6.07) is 12.6. The van der Waals surface area contributed by atoms with E-state index in [1.807, 2.05) is 30.6 Å². The highest BCUT2D eigenvalue weighted by atomic mass is 16.5. The quantitative estimate of drug-likeness (QED) is 0.772. The third-order valence-corrected chi connectivity index (χ3v) is 4.04. The largest absolute Gasteiger partial charge is 0.491 e. The number of hydrogen-bond donors (Lipinski definition) is 1. The summed E-state index contributed by atoms with van der Waals surface area (Å²) < 4.78 is 5.66. The summed E-state index contributed by atoms with van der Waals surface area (Å²) in [7, 11) is 0. The molecule has 0 saturated carbocycles. The van der Waals surface area contributed by atoms with Gasteiger partial charge in [0.2, 0.25) is 0 Å². The lowest BCUT2D eigenvalue weighted by Gasteiger charge is -2.29. The highest BCUT2D eigenvalue weighted by Crippen LogP contribution is 2.22. The average molecular weight is 314 g/mol. The van der Waals surface area contributed by atoms with E-state index in [1.165, 1.54) is 5.56 Å². The molecule has 0 amide bonds. The second-order valence-electron chi connectivity index (χ2n) is 5.70. The molecular formula is C19H26N2O2. The number of hydrogen-bond acceptors (Lipinski definition) is 4. The van der Waals surface area contributed by atoms with Crippen molar-refractivity contribution in [3.05, 3.63) is 59.9 Å². The first-order valence-electron chi connectivity index (χ1n) is 8.19. The topological polar surface area (TPSA) is 45.6 Å². The van der Waals surface area contributed by atoms with Crippen LogP contribution in [0.2, 0.25) is 0 Å². The van der Waals surface area contributed by atoms with Crippen molar-refractivity contribution in [2.24, 2.45) is 0 Å². The fraction of sp³-hybridized carbons (Fsp3) is 0.421. The van der Waals surface area contributed by atoms with Crippen LogP contribution in [0.15, 0.2) is 48.8 Å². The zero-order valence-electron chi connectivity index (χ0n) is 14.0. The van der Waals surface area contributed by atoms with Gasteiger partial charge in [-0.05, 0) is 37.1 Å². The molecule has 0 aliphatic rings. The third kappa shape index (κ3) is 5.34. The van der Waals surface area contributed by atoms with E-state index in [2.05, 4.69) is 41.9 Å². The lowest BCUT2D eigenvalue weighted by atomic mass is 10.1. The van der Waals surface area contributed by atoms with E-state index in [1.54, 1.807) is 0 Å². The van der Waals surface area contributed by atoms with Gasteiger partial charge in [0.15, 0.2) is 0 Å². The first-order chi connectivity index (χ1) is 11.2. The first-order valence-corrected chi connectivity index (χ1v) is 8.19. The van der Waals surface area contributed by atoms with Gasteiger partial charge in [-0.1, -0.05) is 25.1 Å². The van der Waals surface area contributed by atoms with Crippen LogP contribution < -0.4 is 4.74 Å². The predicted molar refractivity (Wildman–Crippen MR) is 92.3 cm³/mol. The number of nitrogens with zero attached hydrogens (tertiary/aromatic N) is 2. The first kappa shape index (κ1) is 17.4. The zero-order valence-corrected chi connectivity index (χ0v) is 14.0. The Morgan fingerprint density at radius 2 is 1.87 bits per heavy atom. The molecule has 1 atom stereocenters. The summed E-state index contributed by atoms with van der Waals surface area (Å²) >= 11 is 0. The second kappa shape index (κ2) is 9.28. The monoisotopic (exact) mass is 314 g/mol. The Kier molecular flexibility index (Phi) is 7.04. The molecule has 1 N–H and O–H groups in total. The van der Waals surface area contributed by atoms with E-state index >= 15 is 0 Å². The SMILES string of the molecule is CC[C@@H](C)N(Cc1ccncc1)Cc1ccccc1OCCO. The molecule has 0 spiro atoms. The van der Waals surface area contributed by atoms with Gasteiger partial charge >= 0.3 is 0 Å². The summed E-state index contributed by atoms with van der Waals surface area (Å²) in [6.07, 6.45) is 4.76. The smallest absolute Gasteiger partial charge is 0.123 e. The van der Waals surface area contributed by atoms with Crippen molar-refractivity contribution in [3.8, 4) is 5.75 Å². The fourth-order valence-corrected chi connectivity index (χ4v) is 2.50. The lowest BCUT2D eigenvalue weighted by Crippen LogP contribution is -2.31. The van der Waals surface area contributed by atoms with Crippen LogP contribution in [0.4, 0.5) is 0 Å². The minimum absolute atomic E-state index is 0.0282. The maximum absolute atomic E-state index is 8.98. The van der Waals surface area contributed by atoms with Crippen LogP contribution in [0.3, 0.4) is 0 Å². The van der Waals surface area contributed by atoms with Gasteiger partial charge in [0.25, 0.3) is 0 Å². The molecule has 4 heteroatoms. The van der Waals surface area contributed by atoms with Gasteiger partial charge in [-0.3, -0.25) is 9.88 Å². The second-order valence-corrected chi connectivity index (χ2v) is 5.70. The number of benzene rings is 1. The highest BCUT2D eigenvalue weighted by Gasteiger charge is 2.15. The zero-order chi connectivity index (χ0) is 16.5. The maximum atomic E-state index is 8.98. The van der Waals surface area contributed by atoms with Gasteiger partial charge in [0.1, 0.15) is 12.4 Å². The van der Waals surface area contributed by atoms with E-state index in [-0.39, 0.29) is 6.61 Å². The van der Waals surface area contributed by atoms with Crippen LogP contribution in [0.1, 0.15) is 31.4 Å². The Morgan fingerprint density at radius 3 is 2.57 bits per heavy atom. The summed E-state index contributed by atoms with van der Waals surface area (Å²) in [4.78, 5) is 6.53. The van der Waals surface area contributed by atoms with E-state index in [9.17, 15) is 0 Å². The molecule has 0 radical (unpaired) electrons. The molecule has 0 aliphatic heterocycles. The lowest BCUT2D eigenvalue weighted by molar-refractivity contribution is 0.176. The van der Waals surface area contributed by atoms with Crippen molar-refractivity contribution in [1.82, 2.24) is 9.88 Å². The number of aliphatic hydroxyl groups is 1. The van der Waals surface area contributed by atoms with Crippen molar-refractivity contribution in [1.29, 1.82) is 0 Å². The van der Waals surface area contributed by atoms with E-state index in [0.717, 1.165) is 30.8 Å². The molecule has 23 heavy (non-hydrogen) atoms. The van der Waals surface area contributed by atoms with Crippen molar-refractivity contribution >= 4 is 0 Å². The molecule has 0 saturated heterocycles. The fourth-order valence-electron chi connectivity index (χ4n) is 2.50. The number of para-hydroxylation sites is 1. The average Bonchev–Trinajstić information content (AvgIpc) is 2.60. The van der Waals surface area contributed by atoms with Gasteiger partial charge in [-0.25, -0.2) is 0 Å². The molecule has 124 valence electrons. The molecule has 2 rings (SSSR count). The summed E-state index contributed by atoms with van der Waals surface area (Å²) in [5, 5.41) is 8.98. The van der Waals surface area contributed by atoms with Crippen LogP contribution in [0.5, 0.6) is 5.75 Å². The van der Waals surface area contributed by atoms with Gasteiger partial charge < -0.3 is 9.84 Å². The Labute approximate surface area is 138 Å². The van der Waals surface area contributed by atoms with E-state index in [0.29, 0.717) is 12.6 Å².